The Morgan fingerprint density at radius 3 is 2.55 bits per heavy atom. The van der Waals surface area contributed by atoms with Gasteiger partial charge >= 0.3 is 0 Å². The third kappa shape index (κ3) is 5.62. The Kier molecular flexibility index (Phi) is 7.67. The predicted octanol–water partition coefficient (Wildman–Crippen LogP) is 3.91. The third-order valence-corrected chi connectivity index (χ3v) is 6.05. The zero-order chi connectivity index (χ0) is 22.5. The lowest BCUT2D eigenvalue weighted by atomic mass is 10.1. The van der Waals surface area contributed by atoms with Gasteiger partial charge in [-0.15, -0.1) is 0 Å². The van der Waals surface area contributed by atoms with E-state index >= 15 is 0 Å². The van der Waals surface area contributed by atoms with Crippen LogP contribution >= 0.6 is 15.9 Å². The molecular weight excluding hydrogens is 467 g/mol. The predicted molar refractivity (Wildman–Crippen MR) is 119 cm³/mol. The molecular formula is C23H26BrFN2O4. The normalized spacial score (nSPS) is 19.2. The number of rotatable bonds is 7. The van der Waals surface area contributed by atoms with Gasteiger partial charge in [0.1, 0.15) is 12.1 Å². The van der Waals surface area contributed by atoms with Crippen molar-refractivity contribution in [2.75, 3.05) is 26.8 Å². The number of hydrogen-bond acceptors (Lipinski definition) is 5. The molecule has 2 aromatic rings. The fourth-order valence-corrected chi connectivity index (χ4v) is 4.33. The average molecular weight is 493 g/mol. The molecule has 31 heavy (non-hydrogen) atoms. The number of hydrogen-bond donors (Lipinski definition) is 0. The molecule has 8 heteroatoms. The number of halogens is 2. The molecule has 0 bridgehead atoms. The van der Waals surface area contributed by atoms with E-state index in [0.29, 0.717) is 41.2 Å². The SMILES string of the molecule is COc1cc(C=O)cc(Br)c1OCC(=O)N1CC(C)N(Cc2ccc(F)cc2)CC1C. The molecule has 1 heterocycles. The number of benzene rings is 2. The molecule has 0 N–H and O–H groups in total. The number of amides is 1. The molecule has 1 fully saturated rings. The second kappa shape index (κ2) is 10.2. The number of carbonyl (C=O) groups excluding carboxylic acids is 2. The van der Waals surface area contributed by atoms with Gasteiger partial charge in [0, 0.05) is 37.3 Å². The van der Waals surface area contributed by atoms with Gasteiger partial charge in [-0.25, -0.2) is 4.39 Å². The molecule has 0 spiro atoms. The first kappa shape index (κ1) is 23.2. The molecule has 2 atom stereocenters. The van der Waals surface area contributed by atoms with E-state index in [-0.39, 0.29) is 30.4 Å². The van der Waals surface area contributed by atoms with E-state index in [0.717, 1.165) is 11.8 Å². The summed E-state index contributed by atoms with van der Waals surface area (Å²) in [6.07, 6.45) is 0.719. The fraction of sp³-hybridized carbons (Fsp3) is 0.391. The Morgan fingerprint density at radius 1 is 1.19 bits per heavy atom. The third-order valence-electron chi connectivity index (χ3n) is 5.46. The van der Waals surface area contributed by atoms with Gasteiger partial charge in [0.2, 0.25) is 0 Å². The van der Waals surface area contributed by atoms with Crippen LogP contribution in [-0.2, 0) is 11.3 Å². The number of aldehydes is 1. The molecule has 2 aromatic carbocycles. The summed E-state index contributed by atoms with van der Waals surface area (Å²) in [6.45, 7) is 5.95. The summed E-state index contributed by atoms with van der Waals surface area (Å²) in [7, 11) is 1.48. The number of ether oxygens (including phenoxy) is 2. The maximum absolute atomic E-state index is 13.2. The van der Waals surface area contributed by atoms with Crippen molar-refractivity contribution in [3.8, 4) is 11.5 Å². The zero-order valence-corrected chi connectivity index (χ0v) is 19.4. The minimum absolute atomic E-state index is 0.00974. The molecule has 0 saturated carbocycles. The van der Waals surface area contributed by atoms with E-state index < -0.39 is 0 Å². The van der Waals surface area contributed by atoms with Crippen LogP contribution in [0.5, 0.6) is 11.5 Å². The van der Waals surface area contributed by atoms with Crippen molar-refractivity contribution >= 4 is 28.1 Å². The van der Waals surface area contributed by atoms with Crippen molar-refractivity contribution in [3.63, 3.8) is 0 Å². The van der Waals surface area contributed by atoms with E-state index in [1.54, 1.807) is 24.3 Å². The summed E-state index contributed by atoms with van der Waals surface area (Å²) < 4.78 is 24.8. The Hall–Kier alpha value is -2.45. The fourth-order valence-electron chi connectivity index (χ4n) is 3.76. The van der Waals surface area contributed by atoms with Crippen LogP contribution in [0.25, 0.3) is 0 Å². The van der Waals surface area contributed by atoms with Gasteiger partial charge < -0.3 is 14.4 Å². The molecule has 1 aliphatic rings. The van der Waals surface area contributed by atoms with Crippen LogP contribution < -0.4 is 9.47 Å². The summed E-state index contributed by atoms with van der Waals surface area (Å²) in [4.78, 5) is 28.0. The number of methoxy groups -OCH3 is 1. The van der Waals surface area contributed by atoms with E-state index in [9.17, 15) is 14.0 Å². The van der Waals surface area contributed by atoms with Crippen molar-refractivity contribution in [1.82, 2.24) is 9.80 Å². The highest BCUT2D eigenvalue weighted by atomic mass is 79.9. The minimum atomic E-state index is -0.246. The summed E-state index contributed by atoms with van der Waals surface area (Å²) in [5.74, 6) is 0.408. The van der Waals surface area contributed by atoms with Crippen molar-refractivity contribution < 1.29 is 23.5 Å². The van der Waals surface area contributed by atoms with E-state index in [2.05, 4.69) is 27.8 Å². The summed E-state index contributed by atoms with van der Waals surface area (Å²) >= 11 is 3.37. The van der Waals surface area contributed by atoms with Crippen LogP contribution in [0.4, 0.5) is 4.39 Å². The van der Waals surface area contributed by atoms with Crippen LogP contribution in [0.2, 0.25) is 0 Å². The van der Waals surface area contributed by atoms with Crippen molar-refractivity contribution in [1.29, 1.82) is 0 Å². The van der Waals surface area contributed by atoms with Gasteiger partial charge in [0.05, 0.1) is 11.6 Å². The maximum Gasteiger partial charge on any atom is 0.260 e. The van der Waals surface area contributed by atoms with Gasteiger partial charge in [-0.05, 0) is 59.6 Å². The van der Waals surface area contributed by atoms with Crippen LogP contribution in [0, 0.1) is 5.82 Å². The summed E-state index contributed by atoms with van der Waals surface area (Å²) in [5.41, 5.74) is 1.49. The molecule has 2 unspecified atom stereocenters. The van der Waals surface area contributed by atoms with Gasteiger partial charge in [-0.1, -0.05) is 12.1 Å². The van der Waals surface area contributed by atoms with E-state index in [4.69, 9.17) is 9.47 Å². The largest absolute Gasteiger partial charge is 0.493 e. The molecule has 3 rings (SSSR count). The second-order valence-corrected chi connectivity index (χ2v) is 8.60. The highest BCUT2D eigenvalue weighted by Crippen LogP contribution is 2.36. The zero-order valence-electron chi connectivity index (χ0n) is 17.8. The van der Waals surface area contributed by atoms with Gasteiger partial charge in [0.15, 0.2) is 18.1 Å². The molecule has 1 saturated heterocycles. The highest BCUT2D eigenvalue weighted by molar-refractivity contribution is 9.10. The van der Waals surface area contributed by atoms with Crippen molar-refractivity contribution in [2.45, 2.75) is 32.5 Å². The van der Waals surface area contributed by atoms with Crippen molar-refractivity contribution in [2.24, 2.45) is 0 Å². The lowest BCUT2D eigenvalue weighted by molar-refractivity contribution is -0.139. The lowest BCUT2D eigenvalue weighted by Crippen LogP contribution is -2.58. The Balaban J connectivity index is 1.62. The molecule has 166 valence electrons. The van der Waals surface area contributed by atoms with Crippen LogP contribution in [0.3, 0.4) is 0 Å². The molecule has 0 aliphatic carbocycles. The Bertz CT molecular complexity index is 938. The number of piperazine rings is 1. The molecule has 0 aromatic heterocycles. The first-order valence-corrected chi connectivity index (χ1v) is 10.8. The lowest BCUT2D eigenvalue weighted by Gasteiger charge is -2.44. The average Bonchev–Trinajstić information content (AvgIpc) is 2.75. The first-order chi connectivity index (χ1) is 14.8. The monoisotopic (exact) mass is 492 g/mol. The van der Waals surface area contributed by atoms with E-state index in [1.807, 2.05) is 11.8 Å². The molecule has 6 nitrogen and oxygen atoms in total. The first-order valence-electron chi connectivity index (χ1n) is 10.1. The summed E-state index contributed by atoms with van der Waals surface area (Å²) in [6, 6.07) is 9.86. The standard InChI is InChI=1S/C23H26BrFN2O4/c1-15-11-27(16(2)10-26(15)12-17-4-6-19(25)7-5-17)22(29)14-31-23-20(24)8-18(13-28)9-21(23)30-3/h4-9,13,15-16H,10-12,14H2,1-3H3. The molecule has 0 radical (unpaired) electrons. The van der Waals surface area contributed by atoms with Gasteiger partial charge in [-0.2, -0.15) is 0 Å². The molecule has 1 amide bonds. The van der Waals surface area contributed by atoms with E-state index in [1.165, 1.54) is 19.2 Å². The Labute approximate surface area is 190 Å². The van der Waals surface area contributed by atoms with Crippen LogP contribution in [0.15, 0.2) is 40.9 Å². The topological polar surface area (TPSA) is 59.1 Å². The summed E-state index contributed by atoms with van der Waals surface area (Å²) in [5, 5.41) is 0. The van der Waals surface area contributed by atoms with Gasteiger partial charge in [0.25, 0.3) is 5.91 Å². The second-order valence-electron chi connectivity index (χ2n) is 7.74. The van der Waals surface area contributed by atoms with Gasteiger partial charge in [-0.3, -0.25) is 14.5 Å². The quantitative estimate of drug-likeness (QED) is 0.548. The molecule has 1 aliphatic heterocycles. The van der Waals surface area contributed by atoms with Crippen LogP contribution in [0.1, 0.15) is 29.8 Å². The highest BCUT2D eigenvalue weighted by Gasteiger charge is 2.32. The number of carbonyl (C=O) groups is 2. The smallest absolute Gasteiger partial charge is 0.260 e. The Morgan fingerprint density at radius 2 is 1.90 bits per heavy atom. The van der Waals surface area contributed by atoms with Crippen LogP contribution in [-0.4, -0.2) is 60.9 Å². The maximum atomic E-state index is 13.2. The van der Waals surface area contributed by atoms with Crippen molar-refractivity contribution in [3.05, 3.63) is 57.8 Å². The minimum Gasteiger partial charge on any atom is -0.493 e. The number of nitrogens with zero attached hydrogens (tertiary/aromatic N) is 2.